The zero-order valence-electron chi connectivity index (χ0n) is 37.9. The summed E-state index contributed by atoms with van der Waals surface area (Å²) in [5.41, 5.74) is 8.79. The van der Waals surface area contributed by atoms with Crippen LogP contribution in [0.1, 0.15) is 68.2 Å². The summed E-state index contributed by atoms with van der Waals surface area (Å²) in [5.74, 6) is -1.36. The maximum absolute atomic E-state index is 15.4. The number of aliphatic hydroxyl groups excluding tert-OH is 1. The highest BCUT2D eigenvalue weighted by atomic mass is 31.2. The van der Waals surface area contributed by atoms with Crippen LogP contribution in [0.3, 0.4) is 0 Å². The molecule has 0 fully saturated rings. The quantitative estimate of drug-likeness (QED) is 0.0418. The van der Waals surface area contributed by atoms with Crippen LogP contribution in [-0.2, 0) is 32.1 Å². The first-order valence-corrected chi connectivity index (χ1v) is 26.3. The second-order valence-corrected chi connectivity index (χ2v) is 24.3. The smallest absolute Gasteiger partial charge is 0.452 e. The van der Waals surface area contributed by atoms with Crippen LogP contribution in [0.15, 0.2) is 182 Å². The average Bonchev–Trinajstić information content (AvgIpc) is 3.84. The van der Waals surface area contributed by atoms with Gasteiger partial charge >= 0.3 is 13.8 Å². The van der Waals surface area contributed by atoms with E-state index >= 15 is 4.57 Å². The first-order chi connectivity index (χ1) is 32.0. The lowest BCUT2D eigenvalue weighted by Crippen LogP contribution is -2.68. The number of phosphoric acid groups is 1. The van der Waals surface area contributed by atoms with Gasteiger partial charge in [0.2, 0.25) is 0 Å². The van der Waals surface area contributed by atoms with E-state index in [1.165, 1.54) is 6.08 Å². The molecule has 0 saturated carbocycles. The number of aliphatic hydroxyl groups is 1. The minimum Gasteiger partial charge on any atom is -0.452 e. The number of ether oxygens (including phenoxy) is 1. The minimum absolute atomic E-state index is 0.0465. The normalized spacial score (nSPS) is 18.1. The highest BCUT2D eigenvalue weighted by Crippen LogP contribution is 2.56. The fourth-order valence-electron chi connectivity index (χ4n) is 9.99. The van der Waals surface area contributed by atoms with Crippen LogP contribution in [0.2, 0.25) is 5.04 Å². The molecular formula is C56H57O8PSi. The van der Waals surface area contributed by atoms with Gasteiger partial charge in [0, 0.05) is 30.4 Å². The van der Waals surface area contributed by atoms with Gasteiger partial charge in [-0.25, -0.2) is 9.36 Å². The Morgan fingerprint density at radius 2 is 1.09 bits per heavy atom. The summed E-state index contributed by atoms with van der Waals surface area (Å²) >= 11 is 0. The molecule has 0 saturated heterocycles. The van der Waals surface area contributed by atoms with Gasteiger partial charge in [0.05, 0.1) is 19.3 Å². The maximum atomic E-state index is 15.4. The predicted molar refractivity (Wildman–Crippen MR) is 263 cm³/mol. The lowest BCUT2D eigenvalue weighted by Gasteiger charge is -2.45. The number of phosphoric ester groups is 1. The summed E-state index contributed by atoms with van der Waals surface area (Å²) in [6, 6.07) is 53.5. The molecule has 0 amide bonds. The van der Waals surface area contributed by atoms with E-state index in [1.807, 2.05) is 104 Å². The monoisotopic (exact) mass is 916 g/mol. The molecule has 4 atom stereocenters. The van der Waals surface area contributed by atoms with E-state index in [1.54, 1.807) is 6.08 Å². The van der Waals surface area contributed by atoms with Crippen molar-refractivity contribution in [3.05, 3.63) is 204 Å². The van der Waals surface area contributed by atoms with Gasteiger partial charge in [0.15, 0.2) is 0 Å². The van der Waals surface area contributed by atoms with Crippen LogP contribution in [0.5, 0.6) is 0 Å². The minimum atomic E-state index is -4.36. The van der Waals surface area contributed by atoms with Crippen molar-refractivity contribution in [2.75, 3.05) is 19.8 Å². The van der Waals surface area contributed by atoms with Gasteiger partial charge in [0.1, 0.15) is 12.2 Å². The lowest BCUT2D eigenvalue weighted by atomic mass is 9.98. The van der Waals surface area contributed by atoms with Crippen molar-refractivity contribution < 1.29 is 37.2 Å². The van der Waals surface area contributed by atoms with E-state index in [4.69, 9.17) is 22.7 Å². The molecule has 1 heterocycles. The standard InChI is InChI=1S/C56H57O8PSi/c1-39(36-57)52(32-19-33-53-54(34-35-55(58)62-53)64-66(56(2,3)4,40-20-7-5-8-21-40)41-22-9-6-10-23-41)63-65(59,60-37-50-46-28-15-11-24-42(46)43-25-12-16-29-47(43)50)61-38-51-48-30-17-13-26-44(48)45-27-14-18-31-49(45)51/h5-31,33-35,39,50-54,57H,32,36-38H2,1-4H3/b33-19+/t39-,52-,53-,54-/m0/s1. The Morgan fingerprint density at radius 3 is 1.52 bits per heavy atom. The Kier molecular flexibility index (Phi) is 13.4. The van der Waals surface area contributed by atoms with E-state index in [2.05, 4.69) is 93.6 Å². The number of esters is 1. The summed E-state index contributed by atoms with van der Waals surface area (Å²) in [6.07, 6.45) is 4.88. The van der Waals surface area contributed by atoms with Crippen LogP contribution >= 0.6 is 7.82 Å². The van der Waals surface area contributed by atoms with Crippen molar-refractivity contribution >= 4 is 32.5 Å². The zero-order valence-corrected chi connectivity index (χ0v) is 39.8. The van der Waals surface area contributed by atoms with Crippen LogP contribution in [0, 0.1) is 5.92 Å². The zero-order chi connectivity index (χ0) is 45.9. The Labute approximate surface area is 389 Å². The molecule has 3 aliphatic rings. The molecule has 0 aromatic heterocycles. The van der Waals surface area contributed by atoms with Gasteiger partial charge in [-0.15, -0.1) is 0 Å². The topological polar surface area (TPSA) is 101 Å². The lowest BCUT2D eigenvalue weighted by molar-refractivity contribution is -0.145. The van der Waals surface area contributed by atoms with Gasteiger partial charge in [0.25, 0.3) is 8.32 Å². The number of carbonyl (C=O) groups is 1. The molecule has 1 N–H and O–H groups in total. The molecule has 0 radical (unpaired) electrons. The second kappa shape index (κ2) is 19.4. The third-order valence-corrected chi connectivity index (χ3v) is 19.8. The van der Waals surface area contributed by atoms with Gasteiger partial charge in [-0.3, -0.25) is 13.6 Å². The van der Waals surface area contributed by atoms with Gasteiger partial charge < -0.3 is 14.3 Å². The van der Waals surface area contributed by atoms with Crippen molar-refractivity contribution in [1.29, 1.82) is 0 Å². The van der Waals surface area contributed by atoms with E-state index in [0.29, 0.717) is 0 Å². The van der Waals surface area contributed by atoms with Crippen molar-refractivity contribution in [3.8, 4) is 22.3 Å². The molecular weight excluding hydrogens is 860 g/mol. The average molecular weight is 917 g/mol. The fraction of sp³-hybridized carbons (Fsp3) is 0.268. The molecule has 2 aliphatic carbocycles. The number of rotatable bonds is 17. The molecule has 338 valence electrons. The molecule has 9 rings (SSSR count). The van der Waals surface area contributed by atoms with Crippen molar-refractivity contribution in [2.45, 2.75) is 69.3 Å². The summed E-state index contributed by atoms with van der Waals surface area (Å²) in [5, 5.41) is 12.5. The second-order valence-electron chi connectivity index (χ2n) is 18.5. The Bertz CT molecular complexity index is 2530. The molecule has 10 heteroatoms. The van der Waals surface area contributed by atoms with E-state index < -0.39 is 46.3 Å². The Hall–Kier alpha value is -5.48. The van der Waals surface area contributed by atoms with Crippen LogP contribution in [0.4, 0.5) is 0 Å². The fourth-order valence-corrected chi connectivity index (χ4v) is 16.1. The number of hydrogen-bond donors (Lipinski definition) is 1. The van der Waals surface area contributed by atoms with E-state index in [0.717, 1.165) is 54.9 Å². The molecule has 0 bridgehead atoms. The van der Waals surface area contributed by atoms with Gasteiger partial charge in [-0.2, -0.15) is 0 Å². The van der Waals surface area contributed by atoms with E-state index in [-0.39, 0.29) is 43.1 Å². The number of fused-ring (bicyclic) bond motifs is 6. The molecule has 0 spiro atoms. The Balaban J connectivity index is 1.01. The largest absolute Gasteiger partial charge is 0.475 e. The van der Waals surface area contributed by atoms with Crippen molar-refractivity contribution in [1.82, 2.24) is 0 Å². The maximum Gasteiger partial charge on any atom is 0.475 e. The third-order valence-electron chi connectivity index (χ3n) is 13.3. The summed E-state index contributed by atoms with van der Waals surface area (Å²) in [6.45, 7) is 8.31. The van der Waals surface area contributed by atoms with Crippen molar-refractivity contribution in [3.63, 3.8) is 0 Å². The first-order valence-electron chi connectivity index (χ1n) is 22.9. The van der Waals surface area contributed by atoms with Gasteiger partial charge in [-0.05, 0) is 78.5 Å². The van der Waals surface area contributed by atoms with Gasteiger partial charge in [-0.1, -0.05) is 191 Å². The highest BCUT2D eigenvalue weighted by molar-refractivity contribution is 7.48. The Morgan fingerprint density at radius 1 is 0.667 bits per heavy atom. The van der Waals surface area contributed by atoms with Crippen LogP contribution in [-0.4, -0.2) is 57.5 Å². The molecule has 8 nitrogen and oxygen atoms in total. The summed E-state index contributed by atoms with van der Waals surface area (Å²) in [4.78, 5) is 12.9. The summed E-state index contributed by atoms with van der Waals surface area (Å²) < 4.78 is 48.4. The summed E-state index contributed by atoms with van der Waals surface area (Å²) in [7, 11) is -7.42. The molecule has 6 aromatic rings. The van der Waals surface area contributed by atoms with E-state index in [9.17, 15) is 9.90 Å². The number of cyclic esters (lactones) is 1. The first kappa shape index (κ1) is 45.7. The number of hydrogen-bond acceptors (Lipinski definition) is 8. The number of benzene rings is 6. The van der Waals surface area contributed by atoms with Crippen LogP contribution < -0.4 is 10.4 Å². The molecule has 1 aliphatic heterocycles. The van der Waals surface area contributed by atoms with Crippen molar-refractivity contribution in [2.24, 2.45) is 5.92 Å². The third kappa shape index (κ3) is 9.02. The molecule has 0 unspecified atom stereocenters. The molecule has 66 heavy (non-hydrogen) atoms. The molecule has 6 aromatic carbocycles. The number of carbonyl (C=O) groups excluding carboxylic acids is 1. The highest BCUT2D eigenvalue weighted by Gasteiger charge is 2.52. The predicted octanol–water partition coefficient (Wildman–Crippen LogP) is 11.1. The SMILES string of the molecule is C[C@@H](CO)[C@H](C/C=C/[C@@H]1OC(=O)C=C[C@@H]1O[Si](c1ccccc1)(c1ccccc1)C(C)(C)C)OP(=O)(OCC1c2ccccc2-c2ccccc21)OCC1c2ccccc2-c2ccccc21. The van der Waals surface area contributed by atoms with Crippen LogP contribution in [0.25, 0.3) is 22.3 Å².